The molecule has 0 aliphatic carbocycles. The zero-order chi connectivity index (χ0) is 13.4. The summed E-state index contributed by atoms with van der Waals surface area (Å²) < 4.78 is 5.19. The van der Waals surface area contributed by atoms with Gasteiger partial charge in [0, 0.05) is 0 Å². The molecule has 3 rings (SSSR count). The van der Waals surface area contributed by atoms with E-state index >= 15 is 0 Å². The van der Waals surface area contributed by atoms with Crippen molar-refractivity contribution < 1.29 is 9.53 Å². The summed E-state index contributed by atoms with van der Waals surface area (Å²) in [5.74, 6) is 0.705. The number of thiocarbonyl (C=S) groups is 1. The van der Waals surface area contributed by atoms with Crippen molar-refractivity contribution in [3.8, 4) is 5.75 Å². The van der Waals surface area contributed by atoms with E-state index in [4.69, 9.17) is 17.0 Å². The second-order valence-corrected chi connectivity index (χ2v) is 4.78. The molecule has 2 N–H and O–H groups in total. The van der Waals surface area contributed by atoms with E-state index in [1.165, 1.54) is 0 Å². The van der Waals surface area contributed by atoms with Gasteiger partial charge in [0.2, 0.25) is 0 Å². The van der Waals surface area contributed by atoms with E-state index in [-0.39, 0.29) is 5.91 Å². The summed E-state index contributed by atoms with van der Waals surface area (Å²) in [6.45, 7) is 0. The van der Waals surface area contributed by atoms with Crippen molar-refractivity contribution in [3.05, 3.63) is 42.0 Å². The summed E-state index contributed by atoms with van der Waals surface area (Å²) in [6, 6.07) is 11.3. The van der Waals surface area contributed by atoms with Gasteiger partial charge in [0.15, 0.2) is 5.11 Å². The largest absolute Gasteiger partial charge is 0.497 e. The molecule has 1 unspecified atom stereocenters. The molecule has 1 amide bonds. The Labute approximate surface area is 115 Å². The van der Waals surface area contributed by atoms with Crippen LogP contribution in [0.4, 0.5) is 0 Å². The molecule has 4 nitrogen and oxygen atoms in total. The summed E-state index contributed by atoms with van der Waals surface area (Å²) in [7, 11) is 1.64. The highest BCUT2D eigenvalue weighted by atomic mass is 32.1. The topological polar surface area (TPSA) is 50.4 Å². The van der Waals surface area contributed by atoms with E-state index < -0.39 is 6.04 Å². The fourth-order valence-electron chi connectivity index (χ4n) is 2.20. The van der Waals surface area contributed by atoms with Crippen LogP contribution < -0.4 is 15.4 Å². The number of amides is 1. The van der Waals surface area contributed by atoms with Crippen LogP contribution in [0.1, 0.15) is 11.6 Å². The summed E-state index contributed by atoms with van der Waals surface area (Å²) >= 11 is 4.94. The third kappa shape index (κ3) is 2.13. The first-order chi connectivity index (χ1) is 9.17. The van der Waals surface area contributed by atoms with Gasteiger partial charge in [-0.15, -0.1) is 0 Å². The zero-order valence-electron chi connectivity index (χ0n) is 10.3. The Morgan fingerprint density at radius 1 is 1.16 bits per heavy atom. The molecule has 2 aromatic carbocycles. The van der Waals surface area contributed by atoms with Crippen molar-refractivity contribution in [2.45, 2.75) is 6.04 Å². The van der Waals surface area contributed by atoms with Gasteiger partial charge in [0.05, 0.1) is 7.11 Å². The second kappa shape index (κ2) is 4.51. The summed E-state index contributed by atoms with van der Waals surface area (Å²) in [4.78, 5) is 11.7. The van der Waals surface area contributed by atoms with Crippen molar-refractivity contribution >= 4 is 34.0 Å². The molecule has 0 saturated carbocycles. The number of rotatable bonds is 2. The first-order valence-corrected chi connectivity index (χ1v) is 6.27. The minimum absolute atomic E-state index is 0.113. The van der Waals surface area contributed by atoms with Crippen LogP contribution in [0.3, 0.4) is 0 Å². The Morgan fingerprint density at radius 3 is 2.58 bits per heavy atom. The van der Waals surface area contributed by atoms with Crippen molar-refractivity contribution in [2.75, 3.05) is 7.11 Å². The minimum Gasteiger partial charge on any atom is -0.497 e. The molecule has 96 valence electrons. The maximum atomic E-state index is 11.7. The Morgan fingerprint density at radius 2 is 1.89 bits per heavy atom. The predicted octanol–water partition coefficient (Wildman–Crippen LogP) is 1.89. The summed E-state index contributed by atoms with van der Waals surface area (Å²) in [5.41, 5.74) is 0.898. The van der Waals surface area contributed by atoms with Gasteiger partial charge in [-0.25, -0.2) is 0 Å². The van der Waals surface area contributed by atoms with E-state index in [2.05, 4.69) is 10.6 Å². The molecule has 1 saturated heterocycles. The lowest BCUT2D eigenvalue weighted by atomic mass is 10.0. The van der Waals surface area contributed by atoms with E-state index in [9.17, 15) is 4.79 Å². The van der Waals surface area contributed by atoms with Gasteiger partial charge in [0.1, 0.15) is 11.8 Å². The summed E-state index contributed by atoms with van der Waals surface area (Å²) in [5, 5.41) is 8.06. The van der Waals surface area contributed by atoms with Gasteiger partial charge in [-0.3, -0.25) is 4.79 Å². The maximum absolute atomic E-state index is 11.7. The molecule has 19 heavy (non-hydrogen) atoms. The third-order valence-electron chi connectivity index (χ3n) is 3.18. The molecule has 0 bridgehead atoms. The fraction of sp³-hybridized carbons (Fsp3) is 0.143. The predicted molar refractivity (Wildman–Crippen MR) is 77.1 cm³/mol. The van der Waals surface area contributed by atoms with Crippen molar-refractivity contribution in [3.63, 3.8) is 0 Å². The van der Waals surface area contributed by atoms with Crippen LogP contribution in [0.5, 0.6) is 5.75 Å². The fourth-order valence-corrected chi connectivity index (χ4v) is 2.42. The Balaban J connectivity index is 2.02. The molecular weight excluding hydrogens is 260 g/mol. The van der Waals surface area contributed by atoms with E-state index in [1.807, 2.05) is 36.4 Å². The highest BCUT2D eigenvalue weighted by molar-refractivity contribution is 7.80. The first-order valence-electron chi connectivity index (χ1n) is 5.86. The third-order valence-corrected chi connectivity index (χ3v) is 3.40. The number of carbonyl (C=O) groups excluding carboxylic acids is 1. The Kier molecular flexibility index (Phi) is 2.83. The quantitative estimate of drug-likeness (QED) is 0.820. The van der Waals surface area contributed by atoms with Crippen LogP contribution >= 0.6 is 12.2 Å². The number of hydrogen-bond acceptors (Lipinski definition) is 3. The number of ether oxygens (including phenoxy) is 1. The number of methoxy groups -OCH3 is 1. The van der Waals surface area contributed by atoms with Crippen LogP contribution in [0.2, 0.25) is 0 Å². The van der Waals surface area contributed by atoms with Crippen LogP contribution in [0, 0.1) is 0 Å². The van der Waals surface area contributed by atoms with Gasteiger partial charge >= 0.3 is 0 Å². The maximum Gasteiger partial charge on any atom is 0.253 e. The van der Waals surface area contributed by atoms with Crippen LogP contribution in [-0.2, 0) is 4.79 Å². The lowest BCUT2D eigenvalue weighted by Gasteiger charge is -2.10. The van der Waals surface area contributed by atoms with E-state index in [1.54, 1.807) is 7.11 Å². The van der Waals surface area contributed by atoms with Crippen LogP contribution in [0.15, 0.2) is 36.4 Å². The van der Waals surface area contributed by atoms with Gasteiger partial charge in [-0.1, -0.05) is 18.2 Å². The van der Waals surface area contributed by atoms with Crippen LogP contribution in [0.25, 0.3) is 10.8 Å². The van der Waals surface area contributed by atoms with E-state index in [0.717, 1.165) is 22.1 Å². The monoisotopic (exact) mass is 272 g/mol. The van der Waals surface area contributed by atoms with E-state index in [0.29, 0.717) is 5.11 Å². The standard InChI is InChI=1S/C14H12N2O2S/c1-18-11-5-4-8-6-10(3-2-9(8)7-11)12-13(17)16-14(19)15-12/h2-7,12H,1H3,(H2,15,16,17,19). The van der Waals surface area contributed by atoms with Crippen LogP contribution in [-0.4, -0.2) is 18.1 Å². The highest BCUT2D eigenvalue weighted by Crippen LogP contribution is 2.25. The van der Waals surface area contributed by atoms with Crippen molar-refractivity contribution in [2.24, 2.45) is 0 Å². The molecule has 1 atom stereocenters. The number of fused-ring (bicyclic) bond motifs is 1. The van der Waals surface area contributed by atoms with Crippen molar-refractivity contribution in [1.82, 2.24) is 10.6 Å². The first kappa shape index (κ1) is 11.9. The second-order valence-electron chi connectivity index (χ2n) is 4.37. The average Bonchev–Trinajstić information content (AvgIpc) is 2.76. The van der Waals surface area contributed by atoms with Gasteiger partial charge in [-0.05, 0) is 46.8 Å². The molecular formula is C14H12N2O2S. The SMILES string of the molecule is COc1ccc2cc(C3NC(=S)NC3=O)ccc2c1. The normalized spacial score (nSPS) is 18.3. The van der Waals surface area contributed by atoms with Gasteiger partial charge in [-0.2, -0.15) is 0 Å². The molecule has 1 heterocycles. The molecule has 2 aromatic rings. The number of benzene rings is 2. The molecule has 5 heteroatoms. The minimum atomic E-state index is -0.404. The van der Waals surface area contributed by atoms with Gasteiger partial charge in [0.25, 0.3) is 5.91 Å². The average molecular weight is 272 g/mol. The smallest absolute Gasteiger partial charge is 0.253 e. The lowest BCUT2D eigenvalue weighted by Crippen LogP contribution is -2.21. The molecule has 0 spiro atoms. The van der Waals surface area contributed by atoms with Gasteiger partial charge < -0.3 is 15.4 Å². The van der Waals surface area contributed by atoms with Crippen molar-refractivity contribution in [1.29, 1.82) is 0 Å². The Bertz CT molecular complexity index is 684. The lowest BCUT2D eigenvalue weighted by molar-refractivity contribution is -0.120. The molecule has 0 radical (unpaired) electrons. The number of carbonyl (C=O) groups is 1. The molecule has 1 aliphatic heterocycles. The zero-order valence-corrected chi connectivity index (χ0v) is 11.1. The molecule has 1 aliphatic rings. The molecule has 0 aromatic heterocycles. The number of nitrogens with one attached hydrogen (secondary N) is 2. The number of hydrogen-bond donors (Lipinski definition) is 2. The highest BCUT2D eigenvalue weighted by Gasteiger charge is 2.28. The summed E-state index contributed by atoms with van der Waals surface area (Å²) in [6.07, 6.45) is 0. The molecule has 1 fully saturated rings. The Hall–Kier alpha value is -2.14.